The largest absolute Gasteiger partial charge is 0.497 e. The number of hydrogen-bond donors (Lipinski definition) is 2. The standard InChI is InChI=1S/C31H34N6O3/c1-6-36(7-2)23-15-13-21(14-16-23)29-34-31-32-20(3)27(30(38)33-22-11-9-8-10-12-22)28(37(31)35-29)25-18-17-24(39-4)19-26(25)40-5/h8-19,28H,6-7H2,1-5H3,(H,33,38)(H,32,34,35). The number of para-hydroxylation sites is 1. The van der Waals surface area contributed by atoms with Crippen molar-refractivity contribution in [3.63, 3.8) is 0 Å². The first-order valence-electron chi connectivity index (χ1n) is 13.3. The van der Waals surface area contributed by atoms with Crippen LogP contribution in [0.3, 0.4) is 0 Å². The number of fused-ring (bicyclic) bond motifs is 1. The van der Waals surface area contributed by atoms with Crippen LogP contribution in [0.5, 0.6) is 11.5 Å². The van der Waals surface area contributed by atoms with Crippen LogP contribution < -0.4 is 25.0 Å². The third-order valence-electron chi connectivity index (χ3n) is 7.12. The maximum atomic E-state index is 13.8. The number of hydrogen-bond acceptors (Lipinski definition) is 7. The molecule has 3 aromatic carbocycles. The van der Waals surface area contributed by atoms with Crippen LogP contribution >= 0.6 is 0 Å². The van der Waals surface area contributed by atoms with Crippen molar-refractivity contribution in [2.45, 2.75) is 26.8 Å². The summed E-state index contributed by atoms with van der Waals surface area (Å²) in [7, 11) is 3.21. The zero-order valence-corrected chi connectivity index (χ0v) is 23.4. The molecule has 4 aromatic rings. The van der Waals surface area contributed by atoms with Gasteiger partial charge in [-0.2, -0.15) is 4.98 Å². The number of nitrogens with zero attached hydrogens (tertiary/aromatic N) is 4. The maximum absolute atomic E-state index is 13.8. The SMILES string of the molecule is CCN(CC)c1ccc(-c2nc3n(n2)C(c2ccc(OC)cc2OC)C(C(=O)Nc2ccccc2)=C(C)N3)cc1. The number of allylic oxidation sites excluding steroid dienone is 1. The minimum atomic E-state index is -0.600. The van der Waals surface area contributed by atoms with Gasteiger partial charge >= 0.3 is 0 Å². The first-order chi connectivity index (χ1) is 19.5. The van der Waals surface area contributed by atoms with Gasteiger partial charge in [0.25, 0.3) is 5.91 Å². The Hall–Kier alpha value is -4.79. The predicted molar refractivity (Wildman–Crippen MR) is 158 cm³/mol. The van der Waals surface area contributed by atoms with Crippen LogP contribution in [0, 0.1) is 0 Å². The fraction of sp³-hybridized carbons (Fsp3) is 0.258. The molecule has 9 heteroatoms. The van der Waals surface area contributed by atoms with Gasteiger partial charge in [-0.05, 0) is 69.3 Å². The summed E-state index contributed by atoms with van der Waals surface area (Å²) in [6.07, 6.45) is 0. The molecule has 0 saturated carbocycles. The Kier molecular flexibility index (Phi) is 7.72. The van der Waals surface area contributed by atoms with E-state index in [1.165, 1.54) is 0 Å². The molecule has 5 rings (SSSR count). The van der Waals surface area contributed by atoms with Gasteiger partial charge in [0.1, 0.15) is 17.5 Å². The zero-order chi connectivity index (χ0) is 28.2. The number of benzene rings is 3. The topological polar surface area (TPSA) is 93.5 Å². The molecule has 0 fully saturated rings. The number of ether oxygens (including phenoxy) is 2. The second-order valence-electron chi connectivity index (χ2n) is 9.42. The normalized spacial score (nSPS) is 14.3. The Labute approximate surface area is 234 Å². The van der Waals surface area contributed by atoms with E-state index in [9.17, 15) is 4.79 Å². The number of nitrogens with one attached hydrogen (secondary N) is 2. The molecule has 0 radical (unpaired) electrons. The monoisotopic (exact) mass is 538 g/mol. The quantitative estimate of drug-likeness (QED) is 0.281. The third kappa shape index (κ3) is 5.10. The summed E-state index contributed by atoms with van der Waals surface area (Å²) in [5.74, 6) is 2.09. The highest BCUT2D eigenvalue weighted by molar-refractivity contribution is 6.06. The van der Waals surface area contributed by atoms with Gasteiger partial charge in [-0.25, -0.2) is 4.68 Å². The maximum Gasteiger partial charge on any atom is 0.255 e. The Bertz CT molecular complexity index is 1520. The molecular weight excluding hydrogens is 504 g/mol. The van der Waals surface area contributed by atoms with Crippen LogP contribution in [-0.2, 0) is 4.79 Å². The van der Waals surface area contributed by atoms with Gasteiger partial charge in [-0.15, -0.1) is 5.10 Å². The van der Waals surface area contributed by atoms with E-state index in [-0.39, 0.29) is 5.91 Å². The molecule has 0 aliphatic carbocycles. The van der Waals surface area contributed by atoms with E-state index in [4.69, 9.17) is 19.6 Å². The summed E-state index contributed by atoms with van der Waals surface area (Å²) >= 11 is 0. The molecule has 1 amide bonds. The number of anilines is 3. The average molecular weight is 539 g/mol. The van der Waals surface area contributed by atoms with E-state index in [0.717, 1.165) is 29.9 Å². The van der Waals surface area contributed by atoms with Crippen LogP contribution in [-0.4, -0.2) is 48.0 Å². The second kappa shape index (κ2) is 11.5. The van der Waals surface area contributed by atoms with Gasteiger partial charge < -0.3 is 25.0 Å². The lowest BCUT2D eigenvalue weighted by molar-refractivity contribution is -0.113. The van der Waals surface area contributed by atoms with Crippen molar-refractivity contribution in [2.24, 2.45) is 0 Å². The lowest BCUT2D eigenvalue weighted by Gasteiger charge is -2.29. The van der Waals surface area contributed by atoms with Crippen LogP contribution in [0.25, 0.3) is 11.4 Å². The molecule has 0 saturated heterocycles. The van der Waals surface area contributed by atoms with Crippen LogP contribution in [0.4, 0.5) is 17.3 Å². The highest BCUT2D eigenvalue weighted by atomic mass is 16.5. The molecule has 1 aliphatic rings. The molecule has 0 spiro atoms. The summed E-state index contributed by atoms with van der Waals surface area (Å²) in [6.45, 7) is 8.02. The summed E-state index contributed by atoms with van der Waals surface area (Å²) in [4.78, 5) is 20.9. The van der Waals surface area contributed by atoms with Gasteiger partial charge in [-0.3, -0.25) is 4.79 Å². The zero-order valence-electron chi connectivity index (χ0n) is 23.4. The number of rotatable bonds is 9. The summed E-state index contributed by atoms with van der Waals surface area (Å²) in [5, 5.41) is 11.3. The van der Waals surface area contributed by atoms with Gasteiger partial charge in [-0.1, -0.05) is 18.2 Å². The molecule has 0 bridgehead atoms. The molecular formula is C31H34N6O3. The summed E-state index contributed by atoms with van der Waals surface area (Å²) in [6, 6.07) is 22.6. The number of amides is 1. The van der Waals surface area contributed by atoms with Gasteiger partial charge in [0.15, 0.2) is 5.82 Å². The fourth-order valence-electron chi connectivity index (χ4n) is 5.03. The van der Waals surface area contributed by atoms with E-state index >= 15 is 0 Å². The molecule has 2 heterocycles. The van der Waals surface area contributed by atoms with Crippen molar-refractivity contribution in [2.75, 3.05) is 42.8 Å². The molecule has 1 aliphatic heterocycles. The Balaban J connectivity index is 1.60. The number of carbonyl (C=O) groups excluding carboxylic acids is 1. The average Bonchev–Trinajstić information content (AvgIpc) is 3.41. The molecule has 206 valence electrons. The summed E-state index contributed by atoms with van der Waals surface area (Å²) < 4.78 is 12.9. The van der Waals surface area contributed by atoms with Crippen molar-refractivity contribution < 1.29 is 14.3 Å². The van der Waals surface area contributed by atoms with Crippen molar-refractivity contribution in [1.82, 2.24) is 14.8 Å². The summed E-state index contributed by atoms with van der Waals surface area (Å²) in [5.41, 5.74) is 4.68. The molecule has 40 heavy (non-hydrogen) atoms. The van der Waals surface area contributed by atoms with E-state index in [1.807, 2.05) is 67.6 Å². The molecule has 2 N–H and O–H groups in total. The van der Waals surface area contributed by atoms with Crippen molar-refractivity contribution in [3.8, 4) is 22.9 Å². The van der Waals surface area contributed by atoms with Crippen LogP contribution in [0.15, 0.2) is 84.1 Å². The lowest BCUT2D eigenvalue weighted by atomic mass is 9.94. The smallest absolute Gasteiger partial charge is 0.255 e. The third-order valence-corrected chi connectivity index (χ3v) is 7.12. The van der Waals surface area contributed by atoms with Gasteiger partial charge in [0.05, 0.1) is 19.8 Å². The minimum Gasteiger partial charge on any atom is -0.497 e. The van der Waals surface area contributed by atoms with Crippen LogP contribution in [0.2, 0.25) is 0 Å². The van der Waals surface area contributed by atoms with Crippen molar-refractivity contribution in [1.29, 1.82) is 0 Å². The number of aromatic nitrogens is 3. The minimum absolute atomic E-state index is 0.245. The van der Waals surface area contributed by atoms with Gasteiger partial charge in [0.2, 0.25) is 5.95 Å². The van der Waals surface area contributed by atoms with E-state index in [2.05, 4.69) is 41.5 Å². The second-order valence-corrected chi connectivity index (χ2v) is 9.42. The fourth-order valence-corrected chi connectivity index (χ4v) is 5.03. The number of methoxy groups -OCH3 is 2. The Morgan fingerprint density at radius 3 is 2.38 bits per heavy atom. The van der Waals surface area contributed by atoms with E-state index < -0.39 is 6.04 Å². The predicted octanol–water partition coefficient (Wildman–Crippen LogP) is 5.74. The van der Waals surface area contributed by atoms with Crippen molar-refractivity contribution in [3.05, 3.63) is 89.6 Å². The van der Waals surface area contributed by atoms with Crippen molar-refractivity contribution >= 4 is 23.2 Å². The number of carbonyl (C=O) groups is 1. The molecule has 1 atom stereocenters. The highest BCUT2D eigenvalue weighted by Crippen LogP contribution is 2.41. The Morgan fingerprint density at radius 1 is 1.00 bits per heavy atom. The Morgan fingerprint density at radius 2 is 1.73 bits per heavy atom. The highest BCUT2D eigenvalue weighted by Gasteiger charge is 2.36. The van der Waals surface area contributed by atoms with Gasteiger partial charge in [0, 0.05) is 47.4 Å². The molecule has 1 unspecified atom stereocenters. The first kappa shape index (κ1) is 26.8. The van der Waals surface area contributed by atoms with E-state index in [1.54, 1.807) is 18.9 Å². The first-order valence-corrected chi connectivity index (χ1v) is 13.3. The van der Waals surface area contributed by atoms with Crippen LogP contribution in [0.1, 0.15) is 32.4 Å². The molecule has 1 aromatic heterocycles. The van der Waals surface area contributed by atoms with E-state index in [0.29, 0.717) is 40.2 Å². The molecule has 9 nitrogen and oxygen atoms in total. The lowest BCUT2D eigenvalue weighted by Crippen LogP contribution is -2.31.